The molecule has 0 aliphatic carbocycles. The highest BCUT2D eigenvalue weighted by molar-refractivity contribution is 7.89. The van der Waals surface area contributed by atoms with Crippen LogP contribution in [0.4, 0.5) is 0 Å². The van der Waals surface area contributed by atoms with Crippen LogP contribution in [-0.4, -0.2) is 26.4 Å². The number of methoxy groups -OCH3 is 1. The summed E-state index contributed by atoms with van der Waals surface area (Å²) < 4.78 is 37.2. The number of nitrogens with zero attached hydrogens (tertiary/aromatic N) is 1. The van der Waals surface area contributed by atoms with E-state index in [0.717, 1.165) is 16.9 Å². The zero-order valence-electron chi connectivity index (χ0n) is 12.0. The number of ether oxygens (including phenoxy) is 1. The van der Waals surface area contributed by atoms with Crippen molar-refractivity contribution < 1.29 is 17.6 Å². The fourth-order valence-electron chi connectivity index (χ4n) is 2.62. The quantitative estimate of drug-likeness (QED) is 0.873. The van der Waals surface area contributed by atoms with E-state index in [2.05, 4.69) is 0 Å². The molecule has 2 heterocycles. The van der Waals surface area contributed by atoms with Gasteiger partial charge in [-0.05, 0) is 42.7 Å². The van der Waals surface area contributed by atoms with Crippen molar-refractivity contribution in [2.75, 3.05) is 13.7 Å². The van der Waals surface area contributed by atoms with E-state index in [1.165, 1.54) is 10.4 Å². The maximum Gasteiger partial charge on any atom is 0.276 e. The number of fused-ring (bicyclic) bond motifs is 1. The molecule has 1 aliphatic rings. The van der Waals surface area contributed by atoms with Gasteiger partial charge < -0.3 is 9.15 Å². The summed E-state index contributed by atoms with van der Waals surface area (Å²) in [6, 6.07) is 8.89. The van der Waals surface area contributed by atoms with Crippen LogP contribution in [0, 0.1) is 6.92 Å². The molecule has 0 unspecified atom stereocenters. The minimum Gasteiger partial charge on any atom is -0.496 e. The van der Waals surface area contributed by atoms with E-state index < -0.39 is 10.0 Å². The number of aryl methyl sites for hydroxylation is 1. The van der Waals surface area contributed by atoms with Gasteiger partial charge in [0.05, 0.1) is 7.11 Å². The van der Waals surface area contributed by atoms with E-state index in [-0.39, 0.29) is 5.09 Å². The van der Waals surface area contributed by atoms with Crippen molar-refractivity contribution in [2.45, 2.75) is 25.0 Å². The third-order valence-corrected chi connectivity index (χ3v) is 5.44. The van der Waals surface area contributed by atoms with Crippen molar-refractivity contribution in [3.8, 4) is 5.75 Å². The molecule has 0 radical (unpaired) electrons. The molecule has 0 atom stereocenters. The smallest absolute Gasteiger partial charge is 0.276 e. The molecule has 0 amide bonds. The van der Waals surface area contributed by atoms with Crippen molar-refractivity contribution >= 4 is 10.0 Å². The van der Waals surface area contributed by atoms with Crippen LogP contribution >= 0.6 is 0 Å². The fourth-order valence-corrected chi connectivity index (χ4v) is 3.99. The van der Waals surface area contributed by atoms with Crippen LogP contribution in [-0.2, 0) is 23.0 Å². The highest BCUT2D eigenvalue weighted by atomic mass is 32.2. The first-order chi connectivity index (χ1) is 10.0. The predicted molar refractivity (Wildman–Crippen MR) is 77.7 cm³/mol. The van der Waals surface area contributed by atoms with Gasteiger partial charge in [0, 0.05) is 13.1 Å². The first kappa shape index (κ1) is 14.2. The van der Waals surface area contributed by atoms with Gasteiger partial charge in [0.2, 0.25) is 5.09 Å². The molecular formula is C15H17NO4S. The molecule has 0 saturated carbocycles. The molecule has 2 aromatic rings. The Kier molecular flexibility index (Phi) is 3.51. The Labute approximate surface area is 124 Å². The highest BCUT2D eigenvalue weighted by Crippen LogP contribution is 2.30. The monoisotopic (exact) mass is 307 g/mol. The second-order valence-electron chi connectivity index (χ2n) is 5.05. The zero-order valence-corrected chi connectivity index (χ0v) is 12.8. The van der Waals surface area contributed by atoms with Gasteiger partial charge in [-0.15, -0.1) is 0 Å². The lowest BCUT2D eigenvalue weighted by Crippen LogP contribution is -2.35. The van der Waals surface area contributed by atoms with Gasteiger partial charge in [-0.1, -0.05) is 12.1 Å². The minimum atomic E-state index is -3.58. The SMILES string of the molecule is COc1cccc2c1CCN(S(=O)(=O)c1ccc(C)o1)C2. The molecule has 1 aromatic heterocycles. The molecule has 0 bridgehead atoms. The van der Waals surface area contributed by atoms with Crippen molar-refractivity contribution in [2.24, 2.45) is 0 Å². The molecule has 1 aliphatic heterocycles. The van der Waals surface area contributed by atoms with E-state index in [4.69, 9.17) is 9.15 Å². The summed E-state index contributed by atoms with van der Waals surface area (Å²) >= 11 is 0. The van der Waals surface area contributed by atoms with Crippen LogP contribution in [0.2, 0.25) is 0 Å². The molecule has 3 rings (SSSR count). The van der Waals surface area contributed by atoms with Crippen molar-refractivity contribution in [3.05, 3.63) is 47.2 Å². The molecular weight excluding hydrogens is 290 g/mol. The summed E-state index contributed by atoms with van der Waals surface area (Å²) in [6.07, 6.45) is 0.637. The van der Waals surface area contributed by atoms with Crippen LogP contribution in [0.3, 0.4) is 0 Å². The average molecular weight is 307 g/mol. The maximum absolute atomic E-state index is 12.6. The van der Waals surface area contributed by atoms with E-state index in [0.29, 0.717) is 25.3 Å². The summed E-state index contributed by atoms with van der Waals surface area (Å²) in [7, 11) is -1.95. The van der Waals surface area contributed by atoms with Gasteiger partial charge >= 0.3 is 0 Å². The van der Waals surface area contributed by atoms with Gasteiger partial charge in [0.15, 0.2) is 0 Å². The Balaban J connectivity index is 1.93. The molecule has 0 N–H and O–H groups in total. The standard InChI is InChI=1S/C15H17NO4S/c1-11-6-7-15(20-11)21(17,18)16-9-8-13-12(10-16)4-3-5-14(13)19-2/h3-7H,8-10H2,1-2H3. The van der Waals surface area contributed by atoms with E-state index in [1.807, 2.05) is 18.2 Å². The summed E-state index contributed by atoms with van der Waals surface area (Å²) in [4.78, 5) is 0. The molecule has 21 heavy (non-hydrogen) atoms. The maximum atomic E-state index is 12.6. The van der Waals surface area contributed by atoms with Gasteiger partial charge in [-0.3, -0.25) is 0 Å². The minimum absolute atomic E-state index is 0.00588. The van der Waals surface area contributed by atoms with Gasteiger partial charge in [0.25, 0.3) is 10.0 Å². The van der Waals surface area contributed by atoms with Gasteiger partial charge in [0.1, 0.15) is 11.5 Å². The first-order valence-corrected chi connectivity index (χ1v) is 8.17. The Morgan fingerprint density at radius 1 is 1.24 bits per heavy atom. The number of benzene rings is 1. The summed E-state index contributed by atoms with van der Waals surface area (Å²) in [5, 5.41) is 0.00588. The average Bonchev–Trinajstić information content (AvgIpc) is 2.93. The zero-order chi connectivity index (χ0) is 15.0. The third kappa shape index (κ3) is 2.45. The van der Waals surface area contributed by atoms with E-state index in [1.54, 1.807) is 20.1 Å². The lowest BCUT2D eigenvalue weighted by atomic mass is 10.0. The first-order valence-electron chi connectivity index (χ1n) is 6.73. The second kappa shape index (κ2) is 5.20. The molecule has 0 saturated heterocycles. The normalized spacial score (nSPS) is 15.7. The Morgan fingerprint density at radius 2 is 2.05 bits per heavy atom. The largest absolute Gasteiger partial charge is 0.496 e. The Hall–Kier alpha value is -1.79. The van der Waals surface area contributed by atoms with Crippen LogP contribution in [0.25, 0.3) is 0 Å². The Bertz CT molecular complexity index is 764. The number of hydrogen-bond donors (Lipinski definition) is 0. The number of furan rings is 1. The lowest BCUT2D eigenvalue weighted by molar-refractivity contribution is 0.351. The van der Waals surface area contributed by atoms with Gasteiger partial charge in [-0.25, -0.2) is 8.42 Å². The fraction of sp³-hybridized carbons (Fsp3) is 0.333. The number of rotatable bonds is 3. The van der Waals surface area contributed by atoms with Crippen molar-refractivity contribution in [1.29, 1.82) is 0 Å². The topological polar surface area (TPSA) is 59.8 Å². The molecule has 6 heteroatoms. The van der Waals surface area contributed by atoms with Crippen LogP contribution in [0.15, 0.2) is 39.8 Å². The van der Waals surface area contributed by atoms with Crippen LogP contribution in [0.1, 0.15) is 16.9 Å². The third-order valence-electron chi connectivity index (χ3n) is 3.72. The molecule has 1 aromatic carbocycles. The molecule has 112 valence electrons. The summed E-state index contributed by atoms with van der Waals surface area (Å²) in [6.45, 7) is 2.50. The molecule has 0 fully saturated rings. The number of hydrogen-bond acceptors (Lipinski definition) is 4. The molecule has 0 spiro atoms. The van der Waals surface area contributed by atoms with E-state index in [9.17, 15) is 8.42 Å². The van der Waals surface area contributed by atoms with Gasteiger partial charge in [-0.2, -0.15) is 4.31 Å². The van der Waals surface area contributed by atoms with E-state index >= 15 is 0 Å². The highest BCUT2D eigenvalue weighted by Gasteiger charge is 2.31. The van der Waals surface area contributed by atoms with Crippen LogP contribution in [0.5, 0.6) is 5.75 Å². The Morgan fingerprint density at radius 3 is 2.71 bits per heavy atom. The second-order valence-corrected chi connectivity index (χ2v) is 6.92. The predicted octanol–water partition coefficient (Wildman–Crippen LogP) is 2.34. The summed E-state index contributed by atoms with van der Waals surface area (Å²) in [5.41, 5.74) is 2.06. The summed E-state index contributed by atoms with van der Waals surface area (Å²) in [5.74, 6) is 1.41. The number of sulfonamides is 1. The van der Waals surface area contributed by atoms with Crippen molar-refractivity contribution in [1.82, 2.24) is 4.31 Å². The lowest BCUT2D eigenvalue weighted by Gasteiger charge is -2.28. The molecule has 5 nitrogen and oxygen atoms in total. The van der Waals surface area contributed by atoms with Crippen molar-refractivity contribution in [3.63, 3.8) is 0 Å². The van der Waals surface area contributed by atoms with Crippen LogP contribution < -0.4 is 4.74 Å².